The van der Waals surface area contributed by atoms with Gasteiger partial charge in [0.25, 0.3) is 0 Å². The highest BCUT2D eigenvalue weighted by Gasteiger charge is 2.22. The van der Waals surface area contributed by atoms with E-state index in [4.69, 9.17) is 9.47 Å². The fourth-order valence-electron chi connectivity index (χ4n) is 2.41. The molecule has 0 radical (unpaired) electrons. The van der Waals surface area contributed by atoms with Gasteiger partial charge >= 0.3 is 0 Å². The minimum Gasteiger partial charge on any atom is -0.481 e. The van der Waals surface area contributed by atoms with Crippen molar-refractivity contribution in [2.24, 2.45) is 7.05 Å². The van der Waals surface area contributed by atoms with Crippen molar-refractivity contribution in [2.45, 2.75) is 37.8 Å². The van der Waals surface area contributed by atoms with Gasteiger partial charge in [0.1, 0.15) is 0 Å². The topological polar surface area (TPSA) is 48.3 Å². The van der Waals surface area contributed by atoms with Crippen molar-refractivity contribution in [3.05, 3.63) is 6.07 Å². The van der Waals surface area contributed by atoms with Crippen LogP contribution in [0, 0.1) is 0 Å². The van der Waals surface area contributed by atoms with Crippen molar-refractivity contribution >= 4 is 5.82 Å². The first-order valence-electron chi connectivity index (χ1n) is 6.10. The molecule has 2 rings (SSSR count). The fraction of sp³-hybridized carbons (Fsp3) is 0.750. The van der Waals surface area contributed by atoms with E-state index in [9.17, 15) is 0 Å². The maximum Gasteiger partial charge on any atom is 0.213 e. The molecule has 1 aromatic rings. The number of hydrogen-bond acceptors (Lipinski definition) is 4. The van der Waals surface area contributed by atoms with E-state index in [1.54, 1.807) is 18.9 Å². The lowest BCUT2D eigenvalue weighted by Gasteiger charge is -2.28. The Morgan fingerprint density at radius 1 is 1.41 bits per heavy atom. The van der Waals surface area contributed by atoms with Crippen LogP contribution in [0.15, 0.2) is 6.07 Å². The molecule has 1 aromatic heterocycles. The van der Waals surface area contributed by atoms with Gasteiger partial charge in [-0.1, -0.05) is 0 Å². The maximum atomic E-state index is 5.42. The van der Waals surface area contributed by atoms with Crippen LogP contribution in [0.1, 0.15) is 25.7 Å². The summed E-state index contributed by atoms with van der Waals surface area (Å²) >= 11 is 0. The molecule has 5 heteroatoms. The van der Waals surface area contributed by atoms with E-state index >= 15 is 0 Å². The maximum absolute atomic E-state index is 5.42. The lowest BCUT2D eigenvalue weighted by molar-refractivity contribution is 0.0669. The summed E-state index contributed by atoms with van der Waals surface area (Å²) in [6.45, 7) is 0. The van der Waals surface area contributed by atoms with Gasteiger partial charge in [-0.25, -0.2) is 4.68 Å². The summed E-state index contributed by atoms with van der Waals surface area (Å²) in [7, 11) is 5.32. The quantitative estimate of drug-likeness (QED) is 0.870. The minimum absolute atomic E-state index is 0.381. The molecule has 1 N–H and O–H groups in total. The second-order valence-electron chi connectivity index (χ2n) is 4.56. The van der Waals surface area contributed by atoms with Crippen LogP contribution in [0.5, 0.6) is 5.88 Å². The molecule has 0 bridgehead atoms. The lowest BCUT2D eigenvalue weighted by atomic mass is 9.93. The number of ether oxygens (including phenoxy) is 2. The van der Waals surface area contributed by atoms with E-state index in [1.807, 2.05) is 13.1 Å². The molecule has 1 aliphatic carbocycles. The molecular weight excluding hydrogens is 218 g/mol. The zero-order valence-corrected chi connectivity index (χ0v) is 10.8. The van der Waals surface area contributed by atoms with Gasteiger partial charge in [0.05, 0.1) is 13.2 Å². The van der Waals surface area contributed by atoms with Crippen molar-refractivity contribution in [2.75, 3.05) is 19.5 Å². The van der Waals surface area contributed by atoms with Crippen molar-refractivity contribution < 1.29 is 9.47 Å². The molecule has 1 fully saturated rings. The lowest BCUT2D eigenvalue weighted by Crippen LogP contribution is -2.31. The predicted octanol–water partition coefficient (Wildman–Crippen LogP) is 1.80. The van der Waals surface area contributed by atoms with E-state index in [2.05, 4.69) is 10.4 Å². The first kappa shape index (κ1) is 12.2. The van der Waals surface area contributed by atoms with Gasteiger partial charge < -0.3 is 14.8 Å². The van der Waals surface area contributed by atoms with Crippen molar-refractivity contribution in [3.63, 3.8) is 0 Å². The fourth-order valence-corrected chi connectivity index (χ4v) is 2.41. The first-order chi connectivity index (χ1) is 8.22. The molecule has 17 heavy (non-hydrogen) atoms. The third kappa shape index (κ3) is 2.91. The summed E-state index contributed by atoms with van der Waals surface area (Å²) in [5.74, 6) is 1.65. The summed E-state index contributed by atoms with van der Waals surface area (Å²) in [6, 6.07) is 2.38. The smallest absolute Gasteiger partial charge is 0.213 e. The Morgan fingerprint density at radius 3 is 2.88 bits per heavy atom. The van der Waals surface area contributed by atoms with Crippen molar-refractivity contribution in [1.29, 1.82) is 0 Å². The van der Waals surface area contributed by atoms with Crippen LogP contribution in [0.3, 0.4) is 0 Å². The first-order valence-corrected chi connectivity index (χ1v) is 6.10. The normalized spacial score (nSPS) is 24.6. The van der Waals surface area contributed by atoms with Crippen LogP contribution in [0.4, 0.5) is 5.82 Å². The Labute approximate surface area is 102 Å². The van der Waals surface area contributed by atoms with Crippen LogP contribution in [-0.2, 0) is 11.8 Å². The third-order valence-electron chi connectivity index (χ3n) is 3.36. The van der Waals surface area contributed by atoms with Gasteiger partial charge in [-0.05, 0) is 25.7 Å². The molecule has 2 atom stereocenters. The van der Waals surface area contributed by atoms with Gasteiger partial charge in [0, 0.05) is 26.3 Å². The Hall–Kier alpha value is -1.23. The summed E-state index contributed by atoms with van der Waals surface area (Å²) in [5.41, 5.74) is 0. The Bertz CT molecular complexity index is 365. The number of aromatic nitrogens is 2. The van der Waals surface area contributed by atoms with E-state index in [0.29, 0.717) is 12.1 Å². The van der Waals surface area contributed by atoms with Gasteiger partial charge in [0.15, 0.2) is 5.82 Å². The molecule has 1 aliphatic rings. The number of nitrogens with zero attached hydrogens (tertiary/aromatic N) is 2. The zero-order valence-electron chi connectivity index (χ0n) is 10.8. The summed E-state index contributed by atoms with van der Waals surface area (Å²) < 4.78 is 12.3. The molecule has 2 unspecified atom stereocenters. The second kappa shape index (κ2) is 5.40. The summed E-state index contributed by atoms with van der Waals surface area (Å²) in [6.07, 6.45) is 4.99. The molecule has 0 spiro atoms. The third-order valence-corrected chi connectivity index (χ3v) is 3.36. The number of rotatable bonds is 4. The number of nitrogens with one attached hydrogen (secondary N) is 1. The SMILES string of the molecule is COc1cc(NC2CCCC(OC)C2)nn1C. The highest BCUT2D eigenvalue weighted by atomic mass is 16.5. The van der Waals surface area contributed by atoms with E-state index in [0.717, 1.165) is 18.1 Å². The Balaban J connectivity index is 1.95. The minimum atomic E-state index is 0.381. The standard InChI is InChI=1S/C12H21N3O2/c1-15-12(17-3)8-11(14-15)13-9-5-4-6-10(7-9)16-2/h8-10H,4-7H2,1-3H3,(H,13,14). The van der Waals surface area contributed by atoms with Crippen molar-refractivity contribution in [3.8, 4) is 5.88 Å². The molecule has 1 heterocycles. The van der Waals surface area contributed by atoms with Crippen LogP contribution in [0.25, 0.3) is 0 Å². The number of aryl methyl sites for hydroxylation is 1. The molecule has 96 valence electrons. The van der Waals surface area contributed by atoms with Crippen LogP contribution in [0.2, 0.25) is 0 Å². The van der Waals surface area contributed by atoms with Gasteiger partial charge in [0.2, 0.25) is 5.88 Å². The van der Waals surface area contributed by atoms with E-state index < -0.39 is 0 Å². The van der Waals surface area contributed by atoms with Gasteiger partial charge in [-0.15, -0.1) is 0 Å². The molecule has 0 aromatic carbocycles. The highest BCUT2D eigenvalue weighted by molar-refractivity contribution is 5.39. The molecule has 0 amide bonds. The number of hydrogen-bond donors (Lipinski definition) is 1. The molecule has 5 nitrogen and oxygen atoms in total. The zero-order chi connectivity index (χ0) is 12.3. The van der Waals surface area contributed by atoms with Crippen LogP contribution in [-0.4, -0.2) is 36.1 Å². The number of anilines is 1. The number of methoxy groups -OCH3 is 2. The predicted molar refractivity (Wildman–Crippen MR) is 66.4 cm³/mol. The molecular formula is C12H21N3O2. The summed E-state index contributed by atoms with van der Waals surface area (Å²) in [5, 5.41) is 7.81. The average molecular weight is 239 g/mol. The molecule has 0 saturated heterocycles. The Kier molecular flexibility index (Phi) is 3.89. The summed E-state index contributed by atoms with van der Waals surface area (Å²) in [4.78, 5) is 0. The molecule has 1 saturated carbocycles. The van der Waals surface area contributed by atoms with Gasteiger partial charge in [-0.2, -0.15) is 5.10 Å². The largest absolute Gasteiger partial charge is 0.481 e. The Morgan fingerprint density at radius 2 is 2.24 bits per heavy atom. The van der Waals surface area contributed by atoms with Crippen molar-refractivity contribution in [1.82, 2.24) is 9.78 Å². The molecule has 0 aliphatic heterocycles. The second-order valence-corrected chi connectivity index (χ2v) is 4.56. The van der Waals surface area contributed by atoms with E-state index in [1.165, 1.54) is 19.3 Å². The highest BCUT2D eigenvalue weighted by Crippen LogP contribution is 2.24. The van der Waals surface area contributed by atoms with Crippen LogP contribution >= 0.6 is 0 Å². The van der Waals surface area contributed by atoms with E-state index in [-0.39, 0.29) is 0 Å². The monoisotopic (exact) mass is 239 g/mol. The average Bonchev–Trinajstić information content (AvgIpc) is 2.69. The van der Waals surface area contributed by atoms with Crippen LogP contribution < -0.4 is 10.1 Å². The van der Waals surface area contributed by atoms with Gasteiger partial charge in [-0.3, -0.25) is 0 Å².